The molecule has 0 fully saturated rings. The number of imide groups is 1. The van der Waals surface area contributed by atoms with Crippen molar-refractivity contribution in [3.8, 4) is 0 Å². The number of nitrogens with one attached hydrogen (secondary N) is 2. The van der Waals surface area contributed by atoms with E-state index in [1.807, 2.05) is 5.32 Å². The van der Waals surface area contributed by atoms with Crippen molar-refractivity contribution in [3.63, 3.8) is 0 Å². The van der Waals surface area contributed by atoms with Gasteiger partial charge in [-0.15, -0.1) is 11.3 Å². The molecule has 3 N–H and O–H groups in total. The molecule has 1 aromatic rings. The monoisotopic (exact) mass is 295 g/mol. The maximum Gasteiger partial charge on any atom is 0.328 e. The summed E-state index contributed by atoms with van der Waals surface area (Å²) in [5.74, 6) is -2.06. The summed E-state index contributed by atoms with van der Waals surface area (Å²) in [7, 11) is 0. The van der Waals surface area contributed by atoms with Crippen LogP contribution in [0.25, 0.3) is 0 Å². The predicted octanol–water partition coefficient (Wildman–Crippen LogP) is 1.31. The van der Waals surface area contributed by atoms with E-state index in [1.165, 1.54) is 16.2 Å². The van der Waals surface area contributed by atoms with Gasteiger partial charge < -0.3 is 5.11 Å². The van der Waals surface area contributed by atoms with Crippen LogP contribution in [-0.2, 0) is 22.4 Å². The molecule has 8 heteroatoms. The van der Waals surface area contributed by atoms with Crippen molar-refractivity contribution in [3.05, 3.63) is 22.7 Å². The van der Waals surface area contributed by atoms with E-state index in [4.69, 9.17) is 5.11 Å². The molecule has 0 unspecified atom stereocenters. The second kappa shape index (κ2) is 6.29. The molecule has 0 saturated heterocycles. The molecule has 20 heavy (non-hydrogen) atoms. The van der Waals surface area contributed by atoms with Gasteiger partial charge in [-0.25, -0.2) is 14.6 Å². The Labute approximate surface area is 118 Å². The smallest absolute Gasteiger partial charge is 0.328 e. The Hall–Kier alpha value is -2.22. The SMILES string of the molecule is O=C(O)C=CC(=O)NC(=O)Nc1nc2c(s1)CCCC2. The van der Waals surface area contributed by atoms with Crippen LogP contribution in [0.5, 0.6) is 0 Å². The number of anilines is 1. The Kier molecular flexibility index (Phi) is 4.46. The van der Waals surface area contributed by atoms with Crippen LogP contribution in [0.2, 0.25) is 0 Å². The van der Waals surface area contributed by atoms with Gasteiger partial charge in [-0.05, 0) is 25.7 Å². The van der Waals surface area contributed by atoms with Crippen LogP contribution in [0.1, 0.15) is 23.4 Å². The highest BCUT2D eigenvalue weighted by molar-refractivity contribution is 7.15. The van der Waals surface area contributed by atoms with Crippen molar-refractivity contribution in [2.45, 2.75) is 25.7 Å². The molecule has 1 heterocycles. The maximum absolute atomic E-state index is 11.5. The summed E-state index contributed by atoms with van der Waals surface area (Å²) in [6.07, 6.45) is 5.53. The zero-order valence-electron chi connectivity index (χ0n) is 10.5. The van der Waals surface area contributed by atoms with Crippen molar-refractivity contribution >= 4 is 34.4 Å². The molecule has 3 amide bonds. The number of hydrogen-bond donors (Lipinski definition) is 3. The Morgan fingerprint density at radius 3 is 2.65 bits per heavy atom. The summed E-state index contributed by atoms with van der Waals surface area (Å²) >= 11 is 1.40. The number of carboxylic acids is 1. The van der Waals surface area contributed by atoms with Crippen molar-refractivity contribution in [2.75, 3.05) is 5.32 Å². The van der Waals surface area contributed by atoms with Gasteiger partial charge >= 0.3 is 12.0 Å². The molecular formula is C12H13N3O4S. The van der Waals surface area contributed by atoms with Gasteiger partial charge in [0.15, 0.2) is 5.13 Å². The van der Waals surface area contributed by atoms with Crippen molar-refractivity contribution < 1.29 is 19.5 Å². The van der Waals surface area contributed by atoms with Crippen LogP contribution in [-0.4, -0.2) is 28.0 Å². The number of carbonyl (C=O) groups excluding carboxylic acids is 2. The Morgan fingerprint density at radius 1 is 1.20 bits per heavy atom. The zero-order valence-corrected chi connectivity index (χ0v) is 11.3. The number of fused-ring (bicyclic) bond motifs is 1. The van der Waals surface area contributed by atoms with E-state index in [1.54, 1.807) is 0 Å². The van der Waals surface area contributed by atoms with Crippen LogP contribution in [0.4, 0.5) is 9.93 Å². The van der Waals surface area contributed by atoms with Gasteiger partial charge in [0, 0.05) is 17.0 Å². The molecule has 106 valence electrons. The Morgan fingerprint density at radius 2 is 1.95 bits per heavy atom. The lowest BCUT2D eigenvalue weighted by molar-refractivity contribution is -0.131. The number of carbonyl (C=O) groups is 3. The first-order valence-electron chi connectivity index (χ1n) is 6.06. The normalized spacial score (nSPS) is 13.8. The van der Waals surface area contributed by atoms with E-state index < -0.39 is 17.9 Å². The first-order valence-corrected chi connectivity index (χ1v) is 6.88. The molecule has 1 aromatic heterocycles. The maximum atomic E-state index is 11.5. The van der Waals surface area contributed by atoms with Crippen LogP contribution < -0.4 is 10.6 Å². The Bertz CT molecular complexity index is 556. The molecule has 1 aliphatic rings. The minimum atomic E-state index is -1.26. The second-order valence-corrected chi connectivity index (χ2v) is 5.29. The summed E-state index contributed by atoms with van der Waals surface area (Å²) in [6, 6.07) is -0.726. The first-order chi connectivity index (χ1) is 9.54. The molecule has 0 radical (unpaired) electrons. The summed E-state index contributed by atoms with van der Waals surface area (Å²) in [5, 5.41) is 13.3. The number of aliphatic carboxylic acids is 1. The topological polar surface area (TPSA) is 108 Å². The number of carboxylic acid groups (broad SMARTS) is 1. The number of thiazole rings is 1. The van der Waals surface area contributed by atoms with Crippen LogP contribution in [0, 0.1) is 0 Å². The average molecular weight is 295 g/mol. The van der Waals surface area contributed by atoms with Gasteiger partial charge in [0.05, 0.1) is 5.69 Å². The van der Waals surface area contributed by atoms with Gasteiger partial charge in [0.25, 0.3) is 5.91 Å². The zero-order chi connectivity index (χ0) is 14.5. The standard InChI is InChI=1S/C12H13N3O4S/c16-9(5-6-10(17)18)14-11(19)15-12-13-7-3-1-2-4-8(7)20-12/h5-6H,1-4H2,(H,17,18)(H2,13,14,15,16,19). The summed E-state index contributed by atoms with van der Waals surface area (Å²) < 4.78 is 0. The van der Waals surface area contributed by atoms with Gasteiger partial charge in [-0.2, -0.15) is 0 Å². The molecular weight excluding hydrogens is 282 g/mol. The molecule has 0 bridgehead atoms. The number of aromatic nitrogens is 1. The van der Waals surface area contributed by atoms with E-state index in [9.17, 15) is 14.4 Å². The fourth-order valence-corrected chi connectivity index (χ4v) is 2.88. The first kappa shape index (κ1) is 14.2. The molecule has 0 atom stereocenters. The van der Waals surface area contributed by atoms with Crippen LogP contribution >= 0.6 is 11.3 Å². The molecule has 7 nitrogen and oxygen atoms in total. The fraction of sp³-hybridized carbons (Fsp3) is 0.333. The highest BCUT2D eigenvalue weighted by atomic mass is 32.1. The molecule has 0 saturated carbocycles. The van der Waals surface area contributed by atoms with E-state index in [0.29, 0.717) is 11.2 Å². The fourth-order valence-electron chi connectivity index (χ4n) is 1.83. The predicted molar refractivity (Wildman–Crippen MR) is 72.7 cm³/mol. The number of aryl methyl sites for hydroxylation is 2. The van der Waals surface area contributed by atoms with E-state index in [-0.39, 0.29) is 0 Å². The second-order valence-electron chi connectivity index (χ2n) is 4.21. The molecule has 2 rings (SSSR count). The highest BCUT2D eigenvalue weighted by Crippen LogP contribution is 2.29. The lowest BCUT2D eigenvalue weighted by atomic mass is 10.0. The van der Waals surface area contributed by atoms with Gasteiger partial charge in [0.2, 0.25) is 0 Å². The lowest BCUT2D eigenvalue weighted by Gasteiger charge is -2.06. The molecule has 0 spiro atoms. The number of urea groups is 1. The third-order valence-corrected chi connectivity index (χ3v) is 3.75. The summed E-state index contributed by atoms with van der Waals surface area (Å²) in [5.41, 5.74) is 1.01. The number of nitrogens with zero attached hydrogens (tertiary/aromatic N) is 1. The molecule has 0 aliphatic heterocycles. The minimum Gasteiger partial charge on any atom is -0.478 e. The largest absolute Gasteiger partial charge is 0.478 e. The van der Waals surface area contributed by atoms with E-state index >= 15 is 0 Å². The van der Waals surface area contributed by atoms with Crippen molar-refractivity contribution in [1.29, 1.82) is 0 Å². The van der Waals surface area contributed by atoms with E-state index in [0.717, 1.165) is 37.5 Å². The van der Waals surface area contributed by atoms with Crippen molar-refractivity contribution in [2.24, 2.45) is 0 Å². The minimum absolute atomic E-state index is 0.449. The van der Waals surface area contributed by atoms with E-state index in [2.05, 4.69) is 10.3 Å². The van der Waals surface area contributed by atoms with Crippen LogP contribution in [0.15, 0.2) is 12.2 Å². The Balaban J connectivity index is 1.89. The molecule has 1 aliphatic carbocycles. The quantitative estimate of drug-likeness (QED) is 0.729. The third-order valence-electron chi connectivity index (χ3n) is 2.68. The summed E-state index contributed by atoms with van der Waals surface area (Å²) in [4.78, 5) is 38.4. The highest BCUT2D eigenvalue weighted by Gasteiger charge is 2.16. The average Bonchev–Trinajstić information content (AvgIpc) is 2.78. The van der Waals surface area contributed by atoms with Gasteiger partial charge in [-0.3, -0.25) is 15.4 Å². The van der Waals surface area contributed by atoms with Crippen molar-refractivity contribution in [1.82, 2.24) is 10.3 Å². The lowest BCUT2D eigenvalue weighted by Crippen LogP contribution is -2.33. The number of amides is 3. The van der Waals surface area contributed by atoms with Gasteiger partial charge in [0.1, 0.15) is 0 Å². The third kappa shape index (κ3) is 3.89. The van der Waals surface area contributed by atoms with Crippen LogP contribution in [0.3, 0.4) is 0 Å². The van der Waals surface area contributed by atoms with Gasteiger partial charge in [-0.1, -0.05) is 0 Å². The molecule has 0 aromatic carbocycles. The number of rotatable bonds is 3. The summed E-state index contributed by atoms with van der Waals surface area (Å²) in [6.45, 7) is 0. The number of hydrogen-bond acceptors (Lipinski definition) is 5.